The van der Waals surface area contributed by atoms with Crippen LogP contribution in [0, 0.1) is 0 Å². The van der Waals surface area contributed by atoms with Gasteiger partial charge in [0, 0.05) is 44.1 Å². The molecule has 9 heteroatoms. The summed E-state index contributed by atoms with van der Waals surface area (Å²) < 4.78 is 5.86. The van der Waals surface area contributed by atoms with E-state index < -0.39 is 30.4 Å². The molecule has 0 bridgehead atoms. The summed E-state index contributed by atoms with van der Waals surface area (Å²) in [6, 6.07) is 24.1. The van der Waals surface area contributed by atoms with Crippen molar-refractivity contribution in [2.75, 3.05) is 31.1 Å². The van der Waals surface area contributed by atoms with Gasteiger partial charge >= 0.3 is 12.1 Å². The van der Waals surface area contributed by atoms with Crippen LogP contribution >= 0.6 is 0 Å². The molecule has 1 aliphatic heterocycles. The molecule has 1 aliphatic carbocycles. The minimum atomic E-state index is -0.894. The Hall–Kier alpha value is -4.66. The molecule has 0 saturated carbocycles. The first-order valence-electron chi connectivity index (χ1n) is 15.9. The van der Waals surface area contributed by atoms with Crippen LogP contribution in [0.3, 0.4) is 0 Å². The lowest BCUT2D eigenvalue weighted by atomic mass is 9.98. The molecule has 1 saturated heterocycles. The summed E-state index contributed by atoms with van der Waals surface area (Å²) in [7, 11) is 0. The Morgan fingerprint density at radius 1 is 0.800 bits per heavy atom. The van der Waals surface area contributed by atoms with Crippen LogP contribution in [0.5, 0.6) is 0 Å². The maximum atomic E-state index is 13.6. The van der Waals surface area contributed by atoms with Crippen molar-refractivity contribution in [3.05, 3.63) is 89.5 Å². The number of nitrogens with zero attached hydrogens (tertiary/aromatic N) is 3. The molecule has 1 heterocycles. The molecule has 1 fully saturated rings. The third-order valence-electron chi connectivity index (χ3n) is 8.35. The van der Waals surface area contributed by atoms with Crippen molar-refractivity contribution < 1.29 is 28.8 Å². The molecule has 0 unspecified atom stereocenters. The average molecular weight is 612 g/mol. The van der Waals surface area contributed by atoms with Gasteiger partial charge in [-0.05, 0) is 52.8 Å². The summed E-state index contributed by atoms with van der Waals surface area (Å²) in [5.74, 6) is -2.19. The largest absolute Gasteiger partial charge is 0.448 e. The number of hydrogen-bond acceptors (Lipinski definition) is 7. The number of rotatable bonds is 14. The summed E-state index contributed by atoms with van der Waals surface area (Å²) in [6.07, 6.45) is 3.71. The summed E-state index contributed by atoms with van der Waals surface area (Å²) in [5.41, 5.74) is 6.30. The third kappa shape index (κ3) is 7.53. The van der Waals surface area contributed by atoms with Crippen molar-refractivity contribution in [1.82, 2.24) is 9.96 Å². The SMILES string of the molecule is CCCCN(CCCC)c1ccc(CN(CC(=O)ON2C(=O)CCC2=O)C(=O)OCC2c3ccccc3-c3ccccc32)cc1. The molecule has 2 aliphatic rings. The van der Waals surface area contributed by atoms with Crippen LogP contribution in [0.4, 0.5) is 10.5 Å². The van der Waals surface area contributed by atoms with Crippen LogP contribution in [0.2, 0.25) is 0 Å². The van der Waals surface area contributed by atoms with Gasteiger partial charge in [-0.25, -0.2) is 9.59 Å². The van der Waals surface area contributed by atoms with E-state index in [0.29, 0.717) is 5.06 Å². The second-order valence-electron chi connectivity index (χ2n) is 11.6. The lowest BCUT2D eigenvalue weighted by Gasteiger charge is -2.26. The standard InChI is InChI=1S/C36H41N3O6/c1-3-5-21-37(22-6-4-2)27-17-15-26(16-18-27)23-38(24-35(42)45-39-33(40)19-20-34(39)41)36(43)44-25-32-30-13-9-7-11-28(30)29-12-8-10-14-31(29)32/h7-18,32H,3-6,19-25H2,1-2H3. The highest BCUT2D eigenvalue weighted by Gasteiger charge is 2.34. The van der Waals surface area contributed by atoms with E-state index in [1.54, 1.807) is 0 Å². The highest BCUT2D eigenvalue weighted by atomic mass is 16.7. The minimum Gasteiger partial charge on any atom is -0.448 e. The molecule has 0 atom stereocenters. The van der Waals surface area contributed by atoms with E-state index >= 15 is 0 Å². The third-order valence-corrected chi connectivity index (χ3v) is 8.35. The van der Waals surface area contributed by atoms with Gasteiger partial charge in [0.15, 0.2) is 0 Å². The first-order chi connectivity index (χ1) is 21.9. The van der Waals surface area contributed by atoms with Gasteiger partial charge in [-0.15, -0.1) is 5.06 Å². The molecule has 3 aromatic carbocycles. The first-order valence-corrected chi connectivity index (χ1v) is 15.9. The number of imide groups is 1. The van der Waals surface area contributed by atoms with Gasteiger partial charge in [-0.2, -0.15) is 0 Å². The van der Waals surface area contributed by atoms with Gasteiger partial charge in [0.05, 0.1) is 0 Å². The molecule has 3 amide bonds. The quantitative estimate of drug-likeness (QED) is 0.193. The molecule has 0 radical (unpaired) electrons. The van der Waals surface area contributed by atoms with E-state index in [9.17, 15) is 19.2 Å². The molecule has 45 heavy (non-hydrogen) atoms. The zero-order chi connectivity index (χ0) is 31.8. The summed E-state index contributed by atoms with van der Waals surface area (Å²) in [6.45, 7) is 5.98. The number of hydrogen-bond donors (Lipinski definition) is 0. The van der Waals surface area contributed by atoms with Crippen LogP contribution < -0.4 is 4.90 Å². The van der Waals surface area contributed by atoms with E-state index in [0.717, 1.165) is 72.3 Å². The molecule has 236 valence electrons. The lowest BCUT2D eigenvalue weighted by molar-refractivity contribution is -0.197. The van der Waals surface area contributed by atoms with Crippen molar-refractivity contribution in [3.63, 3.8) is 0 Å². The number of anilines is 1. The Labute approximate surface area is 264 Å². The van der Waals surface area contributed by atoms with Gasteiger partial charge in [-0.1, -0.05) is 87.4 Å². The van der Waals surface area contributed by atoms with Gasteiger partial charge in [0.2, 0.25) is 0 Å². The Balaban J connectivity index is 1.31. The van der Waals surface area contributed by atoms with Crippen molar-refractivity contribution in [1.29, 1.82) is 0 Å². The van der Waals surface area contributed by atoms with Gasteiger partial charge in [-0.3, -0.25) is 14.5 Å². The zero-order valence-corrected chi connectivity index (χ0v) is 26.1. The zero-order valence-electron chi connectivity index (χ0n) is 26.1. The Morgan fingerprint density at radius 3 is 1.91 bits per heavy atom. The molecular weight excluding hydrogens is 570 g/mol. The van der Waals surface area contributed by atoms with Crippen molar-refractivity contribution in [2.45, 2.75) is 64.8 Å². The van der Waals surface area contributed by atoms with Gasteiger partial charge in [0.1, 0.15) is 13.2 Å². The smallest absolute Gasteiger partial charge is 0.410 e. The summed E-state index contributed by atoms with van der Waals surface area (Å²) >= 11 is 0. The molecule has 0 N–H and O–H groups in total. The van der Waals surface area contributed by atoms with E-state index in [4.69, 9.17) is 9.57 Å². The van der Waals surface area contributed by atoms with E-state index in [-0.39, 0.29) is 31.9 Å². The molecule has 3 aromatic rings. The monoisotopic (exact) mass is 611 g/mol. The summed E-state index contributed by atoms with van der Waals surface area (Å²) in [5, 5.41) is 0.494. The highest BCUT2D eigenvalue weighted by Crippen LogP contribution is 2.44. The average Bonchev–Trinajstić information content (AvgIpc) is 3.55. The second kappa shape index (κ2) is 14.9. The number of carbonyl (C=O) groups is 4. The number of hydroxylamine groups is 2. The first kappa shape index (κ1) is 31.8. The van der Waals surface area contributed by atoms with Gasteiger partial charge in [0.25, 0.3) is 11.8 Å². The minimum absolute atomic E-state index is 0.0118. The van der Waals surface area contributed by atoms with Crippen LogP contribution in [-0.4, -0.2) is 60.1 Å². The van der Waals surface area contributed by atoms with Gasteiger partial charge < -0.3 is 14.5 Å². The van der Waals surface area contributed by atoms with E-state index in [1.807, 2.05) is 60.7 Å². The van der Waals surface area contributed by atoms with Crippen LogP contribution in [-0.2, 0) is 30.5 Å². The van der Waals surface area contributed by atoms with Crippen LogP contribution in [0.15, 0.2) is 72.8 Å². The van der Waals surface area contributed by atoms with E-state index in [2.05, 4.69) is 30.9 Å². The number of ether oxygens (including phenoxy) is 1. The number of benzene rings is 3. The fourth-order valence-electron chi connectivity index (χ4n) is 5.92. The molecule has 5 rings (SSSR count). The highest BCUT2D eigenvalue weighted by molar-refractivity contribution is 6.01. The lowest BCUT2D eigenvalue weighted by Crippen LogP contribution is -2.40. The molecule has 9 nitrogen and oxygen atoms in total. The number of unbranched alkanes of at least 4 members (excludes halogenated alkanes) is 2. The van der Waals surface area contributed by atoms with Crippen molar-refractivity contribution in [2.24, 2.45) is 0 Å². The van der Waals surface area contributed by atoms with Crippen molar-refractivity contribution in [3.8, 4) is 11.1 Å². The second-order valence-corrected chi connectivity index (χ2v) is 11.6. The maximum Gasteiger partial charge on any atom is 0.410 e. The predicted octanol–water partition coefficient (Wildman–Crippen LogP) is 6.45. The number of carbonyl (C=O) groups excluding carboxylic acids is 4. The summed E-state index contributed by atoms with van der Waals surface area (Å²) in [4.78, 5) is 59.2. The van der Waals surface area contributed by atoms with Crippen LogP contribution in [0.1, 0.15) is 75.0 Å². The number of amides is 3. The Bertz CT molecular complexity index is 1450. The van der Waals surface area contributed by atoms with Crippen LogP contribution in [0.25, 0.3) is 11.1 Å². The predicted molar refractivity (Wildman–Crippen MR) is 171 cm³/mol. The fourth-order valence-corrected chi connectivity index (χ4v) is 5.92. The maximum absolute atomic E-state index is 13.6. The number of fused-ring (bicyclic) bond motifs is 3. The van der Waals surface area contributed by atoms with E-state index in [1.165, 1.54) is 4.90 Å². The molecular formula is C36H41N3O6. The molecule has 0 spiro atoms. The topological polar surface area (TPSA) is 96.5 Å². The Kier molecular flexibility index (Phi) is 10.5. The fraction of sp³-hybridized carbons (Fsp3) is 0.389. The normalized spacial score (nSPS) is 13.9. The van der Waals surface area contributed by atoms with Crippen molar-refractivity contribution >= 4 is 29.6 Å². The Morgan fingerprint density at radius 2 is 1.36 bits per heavy atom. The molecule has 0 aromatic heterocycles.